The van der Waals surface area contributed by atoms with E-state index in [9.17, 15) is 4.79 Å². The average Bonchev–Trinajstić information content (AvgIpc) is 2.23. The number of nitrogens with zero attached hydrogens (tertiary/aromatic N) is 3. The van der Waals surface area contributed by atoms with Gasteiger partial charge in [0.1, 0.15) is 0 Å². The van der Waals surface area contributed by atoms with E-state index in [0.29, 0.717) is 16.1 Å². The van der Waals surface area contributed by atoms with E-state index in [1.165, 1.54) is 13.2 Å². The summed E-state index contributed by atoms with van der Waals surface area (Å²) in [6, 6.07) is 3.04. The van der Waals surface area contributed by atoms with E-state index in [1.54, 1.807) is 13.0 Å². The van der Waals surface area contributed by atoms with Crippen molar-refractivity contribution >= 4 is 24.3 Å². The molecule has 1 aromatic rings. The largest absolute Gasteiger partial charge is 0.465 e. The average molecular weight is 223 g/mol. The SMILES string of the molecule is COC(=O)c1cc(S)c(C)c(N=[N+]=[N-])c1. The predicted molar refractivity (Wildman–Crippen MR) is 58.6 cm³/mol. The Labute approximate surface area is 92.1 Å². The van der Waals surface area contributed by atoms with Gasteiger partial charge in [0.25, 0.3) is 0 Å². The Morgan fingerprint density at radius 2 is 2.27 bits per heavy atom. The van der Waals surface area contributed by atoms with Crippen molar-refractivity contribution in [3.8, 4) is 0 Å². The number of carbonyl (C=O) groups excluding carboxylic acids is 1. The highest BCUT2D eigenvalue weighted by Crippen LogP contribution is 2.27. The molecule has 1 rings (SSSR count). The van der Waals surface area contributed by atoms with Crippen LogP contribution in [0.2, 0.25) is 0 Å². The number of benzene rings is 1. The summed E-state index contributed by atoms with van der Waals surface area (Å²) in [6.07, 6.45) is 0. The number of methoxy groups -OCH3 is 1. The first-order valence-electron chi connectivity index (χ1n) is 4.07. The highest BCUT2D eigenvalue weighted by molar-refractivity contribution is 7.80. The van der Waals surface area contributed by atoms with E-state index in [4.69, 9.17) is 5.53 Å². The van der Waals surface area contributed by atoms with E-state index < -0.39 is 5.97 Å². The van der Waals surface area contributed by atoms with Gasteiger partial charge in [-0.05, 0) is 30.2 Å². The number of ether oxygens (including phenoxy) is 1. The van der Waals surface area contributed by atoms with Gasteiger partial charge in [-0.2, -0.15) is 0 Å². The molecule has 0 unspecified atom stereocenters. The van der Waals surface area contributed by atoms with Crippen LogP contribution in [0.4, 0.5) is 5.69 Å². The second-order valence-electron chi connectivity index (χ2n) is 2.82. The molecule has 0 aromatic heterocycles. The van der Waals surface area contributed by atoms with Crippen molar-refractivity contribution in [2.75, 3.05) is 7.11 Å². The molecule has 0 atom stereocenters. The molecule has 15 heavy (non-hydrogen) atoms. The molecule has 0 spiro atoms. The standard InChI is InChI=1S/C9H9N3O2S/c1-5-7(11-12-10)3-6(4-8(5)15)9(13)14-2/h3-4,15H,1-2H3. The Kier molecular flexibility index (Phi) is 3.60. The van der Waals surface area contributed by atoms with Crippen LogP contribution in [0.25, 0.3) is 10.4 Å². The minimum Gasteiger partial charge on any atom is -0.465 e. The summed E-state index contributed by atoms with van der Waals surface area (Å²) in [5.41, 5.74) is 9.76. The van der Waals surface area contributed by atoms with Crippen LogP contribution in [-0.2, 0) is 4.74 Å². The van der Waals surface area contributed by atoms with Gasteiger partial charge in [-0.1, -0.05) is 5.11 Å². The summed E-state index contributed by atoms with van der Waals surface area (Å²) in [7, 11) is 1.29. The summed E-state index contributed by atoms with van der Waals surface area (Å²) >= 11 is 4.17. The summed E-state index contributed by atoms with van der Waals surface area (Å²) in [4.78, 5) is 14.5. The number of hydrogen-bond donors (Lipinski definition) is 1. The molecule has 0 heterocycles. The van der Waals surface area contributed by atoms with Crippen LogP contribution in [-0.4, -0.2) is 13.1 Å². The quantitative estimate of drug-likeness (QED) is 0.275. The Morgan fingerprint density at radius 1 is 1.60 bits per heavy atom. The van der Waals surface area contributed by atoms with Gasteiger partial charge in [-0.15, -0.1) is 12.6 Å². The molecular formula is C9H9N3O2S. The Bertz CT molecular complexity index is 453. The summed E-state index contributed by atoms with van der Waals surface area (Å²) < 4.78 is 4.56. The number of hydrogen-bond acceptors (Lipinski definition) is 4. The van der Waals surface area contributed by atoms with Gasteiger partial charge in [-0.3, -0.25) is 0 Å². The van der Waals surface area contributed by atoms with Gasteiger partial charge in [0, 0.05) is 15.5 Å². The van der Waals surface area contributed by atoms with Crippen LogP contribution in [0.1, 0.15) is 15.9 Å². The summed E-state index contributed by atoms with van der Waals surface area (Å²) in [6.45, 7) is 1.76. The number of azide groups is 1. The fourth-order valence-corrected chi connectivity index (χ4v) is 1.33. The zero-order chi connectivity index (χ0) is 11.4. The van der Waals surface area contributed by atoms with Crippen LogP contribution in [0.15, 0.2) is 22.1 Å². The lowest BCUT2D eigenvalue weighted by atomic mass is 10.1. The van der Waals surface area contributed by atoms with Gasteiger partial charge in [0.05, 0.1) is 12.7 Å². The molecule has 0 aliphatic heterocycles. The maximum atomic E-state index is 11.2. The van der Waals surface area contributed by atoms with Gasteiger partial charge in [0.15, 0.2) is 0 Å². The van der Waals surface area contributed by atoms with Gasteiger partial charge >= 0.3 is 5.97 Å². The van der Waals surface area contributed by atoms with Gasteiger partial charge in [0.2, 0.25) is 0 Å². The van der Waals surface area contributed by atoms with Gasteiger partial charge < -0.3 is 4.74 Å². The van der Waals surface area contributed by atoms with Crippen molar-refractivity contribution < 1.29 is 9.53 Å². The van der Waals surface area contributed by atoms with E-state index in [1.807, 2.05) is 0 Å². The van der Waals surface area contributed by atoms with Crippen molar-refractivity contribution in [3.05, 3.63) is 33.7 Å². The molecule has 0 saturated heterocycles. The lowest BCUT2D eigenvalue weighted by molar-refractivity contribution is 0.0600. The van der Waals surface area contributed by atoms with E-state index in [0.717, 1.165) is 5.56 Å². The van der Waals surface area contributed by atoms with E-state index in [2.05, 4.69) is 27.4 Å². The molecule has 0 fully saturated rings. The monoisotopic (exact) mass is 223 g/mol. The minimum absolute atomic E-state index is 0.315. The third-order valence-electron chi connectivity index (χ3n) is 1.93. The smallest absolute Gasteiger partial charge is 0.337 e. The predicted octanol–water partition coefficient (Wildman–Crippen LogP) is 3.01. The Morgan fingerprint density at radius 3 is 2.80 bits per heavy atom. The lowest BCUT2D eigenvalue weighted by Gasteiger charge is -2.06. The van der Waals surface area contributed by atoms with Crippen molar-refractivity contribution in [1.82, 2.24) is 0 Å². The lowest BCUT2D eigenvalue weighted by Crippen LogP contribution is -2.01. The highest BCUT2D eigenvalue weighted by atomic mass is 32.1. The fraction of sp³-hybridized carbons (Fsp3) is 0.222. The molecule has 78 valence electrons. The second-order valence-corrected chi connectivity index (χ2v) is 3.30. The number of thiol groups is 1. The summed E-state index contributed by atoms with van der Waals surface area (Å²) in [5.74, 6) is -0.486. The number of carbonyl (C=O) groups is 1. The molecule has 0 bridgehead atoms. The topological polar surface area (TPSA) is 75.1 Å². The second kappa shape index (κ2) is 4.72. The van der Waals surface area contributed by atoms with Crippen molar-refractivity contribution in [2.45, 2.75) is 11.8 Å². The first kappa shape index (κ1) is 11.4. The van der Waals surface area contributed by atoms with Crippen molar-refractivity contribution in [2.24, 2.45) is 5.11 Å². The zero-order valence-electron chi connectivity index (χ0n) is 8.26. The molecule has 1 aromatic carbocycles. The molecule has 5 nitrogen and oxygen atoms in total. The molecule has 0 N–H and O–H groups in total. The first-order valence-corrected chi connectivity index (χ1v) is 4.52. The molecule has 6 heteroatoms. The normalized spacial score (nSPS) is 9.27. The molecule has 0 aliphatic carbocycles. The van der Waals surface area contributed by atoms with Crippen LogP contribution in [0.3, 0.4) is 0 Å². The van der Waals surface area contributed by atoms with E-state index in [-0.39, 0.29) is 0 Å². The first-order chi connectivity index (χ1) is 7.10. The summed E-state index contributed by atoms with van der Waals surface area (Å²) in [5, 5.41) is 3.47. The molecule has 0 amide bonds. The Balaban J connectivity index is 3.35. The number of esters is 1. The van der Waals surface area contributed by atoms with Gasteiger partial charge in [-0.25, -0.2) is 4.79 Å². The minimum atomic E-state index is -0.486. The van der Waals surface area contributed by atoms with Crippen molar-refractivity contribution in [1.29, 1.82) is 0 Å². The van der Waals surface area contributed by atoms with Crippen molar-refractivity contribution in [3.63, 3.8) is 0 Å². The van der Waals surface area contributed by atoms with E-state index >= 15 is 0 Å². The molecule has 0 saturated carbocycles. The highest BCUT2D eigenvalue weighted by Gasteiger charge is 2.10. The molecule has 0 radical (unpaired) electrons. The van der Waals surface area contributed by atoms with Crippen LogP contribution < -0.4 is 0 Å². The maximum absolute atomic E-state index is 11.2. The van der Waals surface area contributed by atoms with Crippen LogP contribution in [0, 0.1) is 6.92 Å². The molecular weight excluding hydrogens is 214 g/mol. The van der Waals surface area contributed by atoms with Crippen LogP contribution >= 0.6 is 12.6 Å². The molecule has 0 aliphatic rings. The van der Waals surface area contributed by atoms with Crippen LogP contribution in [0.5, 0.6) is 0 Å². The Hall–Kier alpha value is -1.65. The third-order valence-corrected chi connectivity index (χ3v) is 2.39. The zero-order valence-corrected chi connectivity index (χ0v) is 9.15. The fourth-order valence-electron chi connectivity index (χ4n) is 1.07. The number of rotatable bonds is 2. The third kappa shape index (κ3) is 2.43. The maximum Gasteiger partial charge on any atom is 0.337 e.